The lowest BCUT2D eigenvalue weighted by molar-refractivity contribution is -0.119. The van der Waals surface area contributed by atoms with Crippen molar-refractivity contribution in [3.05, 3.63) is 24.3 Å². The van der Waals surface area contributed by atoms with Crippen molar-refractivity contribution in [1.82, 2.24) is 20.6 Å². The van der Waals surface area contributed by atoms with E-state index in [1.54, 1.807) is 0 Å². The highest BCUT2D eigenvalue weighted by atomic mass is 16.1. The molecule has 6 heteroatoms. The van der Waals surface area contributed by atoms with Crippen LogP contribution in [0.25, 0.3) is 11.4 Å². The van der Waals surface area contributed by atoms with Crippen molar-refractivity contribution in [3.63, 3.8) is 0 Å². The Balaban J connectivity index is 1.77. The lowest BCUT2D eigenvalue weighted by atomic mass is 10.1. The lowest BCUT2D eigenvalue weighted by Crippen LogP contribution is -2.33. The van der Waals surface area contributed by atoms with Crippen LogP contribution in [0.3, 0.4) is 0 Å². The zero-order valence-corrected chi connectivity index (χ0v) is 9.83. The molecule has 0 radical (unpaired) electrons. The van der Waals surface area contributed by atoms with Crippen LogP contribution >= 0.6 is 0 Å². The van der Waals surface area contributed by atoms with Gasteiger partial charge in [-0.25, -0.2) is 5.10 Å². The van der Waals surface area contributed by atoms with E-state index in [1.165, 1.54) is 0 Å². The minimum Gasteiger partial charge on any atom is -0.371 e. The third-order valence-corrected chi connectivity index (χ3v) is 3.17. The molecule has 1 aliphatic heterocycles. The molecule has 2 heterocycles. The highest BCUT2D eigenvalue weighted by Gasteiger charge is 2.16. The first-order valence-corrected chi connectivity index (χ1v) is 5.94. The predicted octanol–water partition coefficient (Wildman–Crippen LogP) is 1.04. The van der Waals surface area contributed by atoms with E-state index in [1.807, 2.05) is 24.3 Å². The number of benzene rings is 1. The fourth-order valence-electron chi connectivity index (χ4n) is 2.13. The van der Waals surface area contributed by atoms with Gasteiger partial charge in [0, 0.05) is 37.2 Å². The SMILES string of the molecule is O=C1CCN(c2ccc(-c3nnn[nH]3)cc2)CC1. The van der Waals surface area contributed by atoms with Crippen molar-refractivity contribution >= 4 is 11.5 Å². The molecule has 1 aromatic carbocycles. The van der Waals surface area contributed by atoms with Gasteiger partial charge in [-0.2, -0.15) is 0 Å². The minimum atomic E-state index is 0.357. The second-order valence-corrected chi connectivity index (χ2v) is 4.32. The molecular formula is C12H13N5O. The third kappa shape index (κ3) is 2.09. The maximum Gasteiger partial charge on any atom is 0.179 e. The molecule has 1 fully saturated rings. The summed E-state index contributed by atoms with van der Waals surface area (Å²) in [6.45, 7) is 1.62. The number of hydrogen-bond acceptors (Lipinski definition) is 5. The quantitative estimate of drug-likeness (QED) is 0.852. The number of ketones is 1. The van der Waals surface area contributed by atoms with E-state index in [0.29, 0.717) is 24.4 Å². The molecule has 1 N–H and O–H groups in total. The standard InChI is InChI=1S/C12H13N5O/c18-11-5-7-17(8-6-11)10-3-1-9(2-4-10)12-13-15-16-14-12/h1-4H,5-8H2,(H,13,14,15,16). The van der Waals surface area contributed by atoms with Crippen molar-refractivity contribution in [3.8, 4) is 11.4 Å². The van der Waals surface area contributed by atoms with Gasteiger partial charge in [-0.1, -0.05) is 0 Å². The Morgan fingerprint density at radius 1 is 1.11 bits per heavy atom. The number of carbonyl (C=O) groups excluding carboxylic acids is 1. The maximum atomic E-state index is 11.2. The molecule has 1 aromatic heterocycles. The summed E-state index contributed by atoms with van der Waals surface area (Å²) in [5.41, 5.74) is 2.09. The van der Waals surface area contributed by atoms with E-state index in [2.05, 4.69) is 25.5 Å². The summed E-state index contributed by atoms with van der Waals surface area (Å²) in [4.78, 5) is 13.4. The Bertz CT molecular complexity index is 524. The van der Waals surface area contributed by atoms with Gasteiger partial charge in [0.25, 0.3) is 0 Å². The summed E-state index contributed by atoms with van der Waals surface area (Å²) in [6.07, 6.45) is 1.29. The van der Waals surface area contributed by atoms with Crippen molar-refractivity contribution in [1.29, 1.82) is 0 Å². The van der Waals surface area contributed by atoms with E-state index in [-0.39, 0.29) is 0 Å². The first-order chi connectivity index (χ1) is 8.83. The van der Waals surface area contributed by atoms with Crippen molar-refractivity contribution < 1.29 is 4.79 Å². The molecule has 0 aliphatic carbocycles. The molecule has 92 valence electrons. The minimum absolute atomic E-state index is 0.357. The average molecular weight is 243 g/mol. The molecule has 6 nitrogen and oxygen atoms in total. The first-order valence-electron chi connectivity index (χ1n) is 5.94. The lowest BCUT2D eigenvalue weighted by Gasteiger charge is -2.28. The molecule has 18 heavy (non-hydrogen) atoms. The van der Waals surface area contributed by atoms with Crippen molar-refractivity contribution in [2.45, 2.75) is 12.8 Å². The number of anilines is 1. The molecule has 0 bridgehead atoms. The second-order valence-electron chi connectivity index (χ2n) is 4.32. The van der Waals surface area contributed by atoms with Crippen LogP contribution in [0, 0.1) is 0 Å². The molecule has 1 aliphatic rings. The van der Waals surface area contributed by atoms with Gasteiger partial charge < -0.3 is 4.90 Å². The van der Waals surface area contributed by atoms with Gasteiger partial charge in [-0.3, -0.25) is 4.79 Å². The Morgan fingerprint density at radius 3 is 2.44 bits per heavy atom. The summed E-state index contributed by atoms with van der Waals surface area (Å²) in [5, 5.41) is 13.7. The van der Waals surface area contributed by atoms with Crippen LogP contribution in [0.1, 0.15) is 12.8 Å². The van der Waals surface area contributed by atoms with E-state index in [4.69, 9.17) is 0 Å². The maximum absolute atomic E-state index is 11.2. The summed E-state index contributed by atoms with van der Waals surface area (Å²) in [6, 6.07) is 8.03. The molecule has 0 saturated carbocycles. The van der Waals surface area contributed by atoms with Gasteiger partial charge in [0.15, 0.2) is 5.82 Å². The zero-order valence-electron chi connectivity index (χ0n) is 9.83. The van der Waals surface area contributed by atoms with Gasteiger partial charge in [-0.15, -0.1) is 5.10 Å². The van der Waals surface area contributed by atoms with Crippen LogP contribution in [-0.4, -0.2) is 39.5 Å². The van der Waals surface area contributed by atoms with Crippen LogP contribution in [0.4, 0.5) is 5.69 Å². The first kappa shape index (κ1) is 10.9. The molecule has 0 unspecified atom stereocenters. The Morgan fingerprint density at radius 2 is 1.83 bits per heavy atom. The monoisotopic (exact) mass is 243 g/mol. The molecule has 1 saturated heterocycles. The van der Waals surface area contributed by atoms with Crippen LogP contribution < -0.4 is 4.90 Å². The van der Waals surface area contributed by atoms with Gasteiger partial charge in [0.05, 0.1) is 0 Å². The summed E-state index contributed by atoms with van der Waals surface area (Å²) in [7, 11) is 0. The van der Waals surface area contributed by atoms with Crippen LogP contribution in [0.2, 0.25) is 0 Å². The molecule has 3 rings (SSSR count). The molecule has 0 atom stereocenters. The van der Waals surface area contributed by atoms with E-state index >= 15 is 0 Å². The van der Waals surface area contributed by atoms with E-state index < -0.39 is 0 Å². The number of aromatic nitrogens is 4. The second kappa shape index (κ2) is 4.56. The van der Waals surface area contributed by atoms with Gasteiger partial charge >= 0.3 is 0 Å². The Labute approximate surface area is 104 Å². The fourth-order valence-corrected chi connectivity index (χ4v) is 2.13. The van der Waals surface area contributed by atoms with Gasteiger partial charge in [0.1, 0.15) is 5.78 Å². The van der Waals surface area contributed by atoms with Crippen LogP contribution in [-0.2, 0) is 4.79 Å². The normalized spacial score (nSPS) is 16.0. The summed E-state index contributed by atoms with van der Waals surface area (Å²) >= 11 is 0. The molecular weight excluding hydrogens is 230 g/mol. The van der Waals surface area contributed by atoms with Crippen LogP contribution in [0.5, 0.6) is 0 Å². The molecule has 0 amide bonds. The highest BCUT2D eigenvalue weighted by Crippen LogP contribution is 2.22. The van der Waals surface area contributed by atoms with E-state index in [9.17, 15) is 4.79 Å². The molecule has 0 spiro atoms. The van der Waals surface area contributed by atoms with E-state index in [0.717, 1.165) is 24.3 Å². The average Bonchev–Trinajstić information content (AvgIpc) is 2.94. The summed E-state index contributed by atoms with van der Waals surface area (Å²) in [5.74, 6) is 1.02. The number of H-pyrrole nitrogens is 1. The number of tetrazole rings is 1. The topological polar surface area (TPSA) is 74.8 Å². The zero-order chi connectivity index (χ0) is 12.4. The van der Waals surface area contributed by atoms with Crippen molar-refractivity contribution in [2.75, 3.05) is 18.0 Å². The summed E-state index contributed by atoms with van der Waals surface area (Å²) < 4.78 is 0. The van der Waals surface area contributed by atoms with Gasteiger partial charge in [0.2, 0.25) is 0 Å². The Kier molecular flexibility index (Phi) is 2.76. The number of nitrogens with zero attached hydrogens (tertiary/aromatic N) is 4. The predicted molar refractivity (Wildman–Crippen MR) is 66.1 cm³/mol. The number of carbonyl (C=O) groups is 1. The number of aromatic amines is 1. The largest absolute Gasteiger partial charge is 0.371 e. The number of nitrogens with one attached hydrogen (secondary N) is 1. The smallest absolute Gasteiger partial charge is 0.179 e. The number of hydrogen-bond donors (Lipinski definition) is 1. The van der Waals surface area contributed by atoms with Crippen molar-refractivity contribution in [2.24, 2.45) is 0 Å². The molecule has 2 aromatic rings. The third-order valence-electron chi connectivity index (χ3n) is 3.17. The number of piperidine rings is 1. The number of rotatable bonds is 2. The van der Waals surface area contributed by atoms with Gasteiger partial charge in [-0.05, 0) is 34.7 Å². The highest BCUT2D eigenvalue weighted by molar-refractivity contribution is 5.81. The fraction of sp³-hybridized carbons (Fsp3) is 0.333. The number of Topliss-reactive ketones (excluding diaryl/α,β-unsaturated/α-hetero) is 1. The van der Waals surface area contributed by atoms with Crippen LogP contribution in [0.15, 0.2) is 24.3 Å². The Hall–Kier alpha value is -2.24.